The van der Waals surface area contributed by atoms with Crippen LogP contribution in [0.3, 0.4) is 0 Å². The number of carbonyl (C=O) groups is 1. The molecule has 0 aliphatic heterocycles. The fourth-order valence-electron chi connectivity index (χ4n) is 4.16. The molecule has 1 heterocycles. The molecule has 0 unspecified atom stereocenters. The predicted molar refractivity (Wildman–Crippen MR) is 148 cm³/mol. The minimum Gasteiger partial charge on any atom is -0.356 e. The zero-order valence-corrected chi connectivity index (χ0v) is 22.6. The predicted octanol–water partition coefficient (Wildman–Crippen LogP) is 7.25. The van der Waals surface area contributed by atoms with Gasteiger partial charge >= 0.3 is 0 Å². The Morgan fingerprint density at radius 1 is 0.743 bits per heavy atom. The molecule has 0 saturated carbocycles. The number of aromatic nitrogens is 2. The molecular formula is C31H52N3O+. The van der Waals surface area contributed by atoms with Gasteiger partial charge in [0.1, 0.15) is 12.4 Å². The molecule has 0 radical (unpaired) electrons. The van der Waals surface area contributed by atoms with E-state index in [1.165, 1.54) is 83.5 Å². The van der Waals surface area contributed by atoms with Crippen molar-refractivity contribution in [2.45, 2.75) is 142 Å². The van der Waals surface area contributed by atoms with Crippen LogP contribution in [0.15, 0.2) is 18.7 Å². The normalized spacial score (nSPS) is 10.3. The van der Waals surface area contributed by atoms with Crippen molar-refractivity contribution in [3.8, 4) is 23.7 Å². The minimum atomic E-state index is 0.189. The van der Waals surface area contributed by atoms with Gasteiger partial charge in [0.15, 0.2) is 0 Å². The first-order valence-electron chi connectivity index (χ1n) is 14.6. The first-order valence-corrected chi connectivity index (χ1v) is 14.6. The summed E-state index contributed by atoms with van der Waals surface area (Å²) in [5, 5.41) is 3.02. The van der Waals surface area contributed by atoms with Crippen LogP contribution >= 0.6 is 0 Å². The van der Waals surface area contributed by atoms with Crippen molar-refractivity contribution in [2.75, 3.05) is 6.54 Å². The molecule has 0 saturated heterocycles. The van der Waals surface area contributed by atoms with Gasteiger partial charge in [0.25, 0.3) is 0 Å². The number of carbonyl (C=O) groups excluding carboxylic acids is 1. The van der Waals surface area contributed by atoms with Crippen molar-refractivity contribution in [3.63, 3.8) is 0 Å². The lowest BCUT2D eigenvalue weighted by molar-refractivity contribution is -0.695. The van der Waals surface area contributed by atoms with Gasteiger partial charge in [-0.15, -0.1) is 0 Å². The number of hydrogen-bond acceptors (Lipinski definition) is 1. The van der Waals surface area contributed by atoms with Crippen LogP contribution < -0.4 is 9.88 Å². The summed E-state index contributed by atoms with van der Waals surface area (Å²) in [6.07, 6.45) is 30.1. The third-order valence-corrected chi connectivity index (χ3v) is 6.37. The van der Waals surface area contributed by atoms with Crippen molar-refractivity contribution < 1.29 is 9.36 Å². The molecule has 2 N–H and O–H groups in total. The molecule has 4 nitrogen and oxygen atoms in total. The van der Waals surface area contributed by atoms with E-state index >= 15 is 0 Å². The Hall–Kier alpha value is -2.20. The molecule has 0 atom stereocenters. The quantitative estimate of drug-likeness (QED) is 0.102. The van der Waals surface area contributed by atoms with Crippen molar-refractivity contribution in [1.82, 2.24) is 10.3 Å². The van der Waals surface area contributed by atoms with E-state index in [-0.39, 0.29) is 5.91 Å². The molecule has 1 amide bonds. The van der Waals surface area contributed by atoms with E-state index in [4.69, 9.17) is 0 Å². The summed E-state index contributed by atoms with van der Waals surface area (Å²) < 4.78 is 2.09. The fraction of sp³-hybridized carbons (Fsp3) is 0.742. The highest BCUT2D eigenvalue weighted by atomic mass is 16.1. The molecule has 1 aromatic rings. The highest BCUT2D eigenvalue weighted by Gasteiger charge is 2.02. The average molecular weight is 483 g/mol. The lowest BCUT2D eigenvalue weighted by atomic mass is 10.1. The van der Waals surface area contributed by atoms with Crippen molar-refractivity contribution >= 4 is 5.91 Å². The molecule has 0 spiro atoms. The topological polar surface area (TPSA) is 48.8 Å². The van der Waals surface area contributed by atoms with Gasteiger partial charge in [0.2, 0.25) is 12.2 Å². The number of H-pyrrole nitrogens is 1. The van der Waals surface area contributed by atoms with E-state index < -0.39 is 0 Å². The molecule has 0 aliphatic rings. The zero-order valence-electron chi connectivity index (χ0n) is 22.6. The summed E-state index contributed by atoms with van der Waals surface area (Å²) in [4.78, 5) is 14.9. The Morgan fingerprint density at radius 2 is 1.29 bits per heavy atom. The monoisotopic (exact) mass is 482 g/mol. The van der Waals surface area contributed by atoms with Crippen LogP contribution in [-0.2, 0) is 11.3 Å². The Kier molecular flexibility index (Phi) is 21.9. The average Bonchev–Trinajstić information content (AvgIpc) is 3.38. The van der Waals surface area contributed by atoms with Crippen LogP contribution in [0.25, 0.3) is 0 Å². The van der Waals surface area contributed by atoms with E-state index in [2.05, 4.69) is 45.5 Å². The van der Waals surface area contributed by atoms with Gasteiger partial charge in [-0.1, -0.05) is 102 Å². The highest BCUT2D eigenvalue weighted by molar-refractivity contribution is 5.75. The summed E-state index contributed by atoms with van der Waals surface area (Å²) >= 11 is 0. The second-order valence-corrected chi connectivity index (χ2v) is 9.71. The second kappa shape index (κ2) is 24.9. The summed E-state index contributed by atoms with van der Waals surface area (Å²) in [6, 6.07) is 0. The van der Waals surface area contributed by atoms with Gasteiger partial charge in [-0.2, -0.15) is 0 Å². The second-order valence-electron chi connectivity index (χ2n) is 9.71. The Morgan fingerprint density at radius 3 is 1.83 bits per heavy atom. The van der Waals surface area contributed by atoms with E-state index in [1.54, 1.807) is 0 Å². The van der Waals surface area contributed by atoms with E-state index in [0.717, 1.165) is 51.6 Å². The smallest absolute Gasteiger partial charge is 0.241 e. The minimum absolute atomic E-state index is 0.189. The number of hydrogen-bond donors (Lipinski definition) is 2. The van der Waals surface area contributed by atoms with Crippen molar-refractivity contribution in [2.24, 2.45) is 0 Å². The molecule has 0 fully saturated rings. The van der Waals surface area contributed by atoms with Crippen LogP contribution in [0, 0.1) is 23.7 Å². The number of rotatable bonds is 22. The highest BCUT2D eigenvalue weighted by Crippen LogP contribution is 2.11. The summed E-state index contributed by atoms with van der Waals surface area (Å²) in [5.41, 5.74) is 0. The largest absolute Gasteiger partial charge is 0.356 e. The number of aromatic amines is 1. The molecule has 0 aromatic carbocycles. The standard InChI is InChI=1S/C31H51N3O/c1-2-3-4-5-6-7-8-9-10-11-12-13-14-15-16-17-18-19-20-21-22-23-25-31(35)33-26-24-28-34-29-27-32-30-34/h27,29-30H,2-12,17-26,28H2,1H3,(H,33,35)/p+1. The van der Waals surface area contributed by atoms with Gasteiger partial charge in [-0.25, -0.2) is 4.57 Å². The van der Waals surface area contributed by atoms with Crippen LogP contribution in [0.5, 0.6) is 0 Å². The number of nitrogens with zero attached hydrogens (tertiary/aromatic N) is 1. The van der Waals surface area contributed by atoms with Gasteiger partial charge < -0.3 is 5.32 Å². The van der Waals surface area contributed by atoms with Gasteiger partial charge in [-0.3, -0.25) is 9.78 Å². The summed E-state index contributed by atoms with van der Waals surface area (Å²) in [5.74, 6) is 12.6. The number of aryl methyl sites for hydroxylation is 1. The Bertz CT molecular complexity index is 718. The van der Waals surface area contributed by atoms with Crippen molar-refractivity contribution in [1.29, 1.82) is 0 Å². The zero-order chi connectivity index (χ0) is 25.1. The molecule has 1 aromatic heterocycles. The summed E-state index contributed by atoms with van der Waals surface area (Å²) in [7, 11) is 0. The van der Waals surface area contributed by atoms with E-state index in [0.29, 0.717) is 6.42 Å². The van der Waals surface area contributed by atoms with Gasteiger partial charge in [0, 0.05) is 32.2 Å². The molecule has 0 aliphatic carbocycles. The number of amides is 1. The first-order chi connectivity index (χ1) is 17.3. The van der Waals surface area contributed by atoms with Gasteiger partial charge in [0.05, 0.1) is 6.54 Å². The van der Waals surface area contributed by atoms with Crippen LogP contribution in [0.1, 0.15) is 135 Å². The maximum Gasteiger partial charge on any atom is 0.241 e. The van der Waals surface area contributed by atoms with Crippen LogP contribution in [0.4, 0.5) is 0 Å². The fourth-order valence-corrected chi connectivity index (χ4v) is 4.16. The van der Waals surface area contributed by atoms with E-state index in [1.807, 2.05) is 18.7 Å². The third kappa shape index (κ3) is 22.0. The van der Waals surface area contributed by atoms with Crippen LogP contribution in [-0.4, -0.2) is 17.4 Å². The lowest BCUT2D eigenvalue weighted by Crippen LogP contribution is -2.33. The third-order valence-electron chi connectivity index (χ3n) is 6.37. The number of unbranched alkanes of at least 4 members (excludes halogenated alkanes) is 16. The lowest BCUT2D eigenvalue weighted by Gasteiger charge is -2.04. The van der Waals surface area contributed by atoms with E-state index in [9.17, 15) is 4.79 Å². The molecule has 1 rings (SSSR count). The van der Waals surface area contributed by atoms with Gasteiger partial charge in [-0.05, 0) is 31.1 Å². The number of nitrogens with one attached hydrogen (secondary N) is 2. The molecule has 0 bridgehead atoms. The van der Waals surface area contributed by atoms with Crippen molar-refractivity contribution in [3.05, 3.63) is 18.7 Å². The Labute approximate surface area is 216 Å². The maximum atomic E-state index is 11.9. The molecule has 196 valence electrons. The SMILES string of the molecule is CCCCCCCCCCCCC#CC#CCCCCCCCCC(=O)NCCC[n+]1cc[nH]c1. The molecular weight excluding hydrogens is 430 g/mol. The van der Waals surface area contributed by atoms with Crippen LogP contribution in [0.2, 0.25) is 0 Å². The molecule has 35 heavy (non-hydrogen) atoms. The maximum absolute atomic E-state index is 11.9. The summed E-state index contributed by atoms with van der Waals surface area (Å²) in [6.45, 7) is 3.96. The molecule has 4 heteroatoms. The Balaban J connectivity index is 1.78. The first kappa shape index (κ1) is 30.8. The number of imidazole rings is 1.